The van der Waals surface area contributed by atoms with Crippen molar-refractivity contribution in [2.45, 2.75) is 78.4 Å². The third-order valence-electron chi connectivity index (χ3n) is 6.20. The number of aromatic nitrogens is 4. The summed E-state index contributed by atoms with van der Waals surface area (Å²) in [7, 11) is 0. The Balaban J connectivity index is 1.75. The van der Waals surface area contributed by atoms with Gasteiger partial charge >= 0.3 is 5.69 Å². The zero-order valence-corrected chi connectivity index (χ0v) is 21.8. The summed E-state index contributed by atoms with van der Waals surface area (Å²) in [6.07, 6.45) is 2.93. The van der Waals surface area contributed by atoms with E-state index in [4.69, 9.17) is 5.73 Å². The van der Waals surface area contributed by atoms with E-state index in [0.29, 0.717) is 56.0 Å². The summed E-state index contributed by atoms with van der Waals surface area (Å²) in [5.74, 6) is 0.629. The van der Waals surface area contributed by atoms with Gasteiger partial charge in [-0.25, -0.2) is 9.78 Å². The Hall–Kier alpha value is -3.40. The van der Waals surface area contributed by atoms with Gasteiger partial charge in [-0.2, -0.15) is 0 Å². The van der Waals surface area contributed by atoms with Crippen molar-refractivity contribution in [2.24, 2.45) is 5.73 Å². The summed E-state index contributed by atoms with van der Waals surface area (Å²) in [5.41, 5.74) is 7.62. The number of imidazole rings is 1. The summed E-state index contributed by atoms with van der Waals surface area (Å²) >= 11 is 0. The number of aromatic amines is 1. The van der Waals surface area contributed by atoms with Crippen molar-refractivity contribution in [3.05, 3.63) is 56.5 Å². The van der Waals surface area contributed by atoms with Crippen molar-refractivity contribution < 1.29 is 4.79 Å². The summed E-state index contributed by atoms with van der Waals surface area (Å²) in [4.78, 5) is 45.9. The molecule has 3 rings (SSSR count). The third-order valence-corrected chi connectivity index (χ3v) is 6.20. The minimum absolute atomic E-state index is 0.00709. The van der Waals surface area contributed by atoms with E-state index < -0.39 is 0 Å². The monoisotopic (exact) mass is 497 g/mol. The number of nitrogens with two attached hydrogens (primary N) is 1. The molecule has 0 aliphatic rings. The second-order valence-corrected chi connectivity index (χ2v) is 9.31. The standard InChI is InChI=1S/C26H39N7O3/c1-5-14-32-23-21(25(35)33(15-6-2)26(32)36)30-22(31-23)17(3)16-19-8-10-20(11-9-19)29-18(4)24(34)28-13-7-12-27/h8-11,17-18,29H,5-7,12-16,27H2,1-4H3,(H,28,34)(H,30,31). The minimum atomic E-state index is -0.361. The molecule has 2 unspecified atom stereocenters. The van der Waals surface area contributed by atoms with E-state index in [0.717, 1.165) is 24.1 Å². The van der Waals surface area contributed by atoms with Gasteiger partial charge in [0.05, 0.1) is 0 Å². The molecule has 1 amide bonds. The van der Waals surface area contributed by atoms with Crippen LogP contribution in [0.4, 0.5) is 5.69 Å². The zero-order valence-electron chi connectivity index (χ0n) is 21.8. The molecule has 2 heterocycles. The number of amides is 1. The number of anilines is 1. The molecule has 0 fully saturated rings. The highest BCUT2D eigenvalue weighted by molar-refractivity contribution is 5.84. The predicted molar refractivity (Wildman–Crippen MR) is 144 cm³/mol. The maximum absolute atomic E-state index is 13.0. The Morgan fingerprint density at radius 3 is 2.39 bits per heavy atom. The highest BCUT2D eigenvalue weighted by atomic mass is 16.2. The average molecular weight is 498 g/mol. The second kappa shape index (κ2) is 12.5. The van der Waals surface area contributed by atoms with E-state index in [2.05, 4.69) is 20.6 Å². The van der Waals surface area contributed by atoms with Crippen LogP contribution in [0.5, 0.6) is 0 Å². The normalized spacial score (nSPS) is 13.0. The van der Waals surface area contributed by atoms with E-state index in [1.165, 1.54) is 4.57 Å². The lowest BCUT2D eigenvalue weighted by atomic mass is 10.0. The topological polar surface area (TPSA) is 140 Å². The fourth-order valence-electron chi connectivity index (χ4n) is 4.24. The molecule has 0 spiro atoms. The Labute approximate surface area is 211 Å². The number of nitrogens with one attached hydrogen (secondary N) is 3. The van der Waals surface area contributed by atoms with E-state index in [-0.39, 0.29) is 29.1 Å². The molecule has 0 bridgehead atoms. The van der Waals surface area contributed by atoms with Crippen LogP contribution >= 0.6 is 0 Å². The van der Waals surface area contributed by atoms with Gasteiger partial charge < -0.3 is 21.4 Å². The van der Waals surface area contributed by atoms with Gasteiger partial charge in [0.25, 0.3) is 5.56 Å². The van der Waals surface area contributed by atoms with Crippen LogP contribution in [0.15, 0.2) is 33.9 Å². The number of carbonyl (C=O) groups excluding carboxylic acids is 1. The number of hydrogen-bond donors (Lipinski definition) is 4. The van der Waals surface area contributed by atoms with Crippen molar-refractivity contribution in [3.8, 4) is 0 Å². The Morgan fingerprint density at radius 1 is 1.08 bits per heavy atom. The first-order valence-electron chi connectivity index (χ1n) is 12.9. The van der Waals surface area contributed by atoms with E-state index in [1.54, 1.807) is 4.57 Å². The van der Waals surface area contributed by atoms with Crippen molar-refractivity contribution in [3.63, 3.8) is 0 Å². The molecule has 5 N–H and O–H groups in total. The fraction of sp³-hybridized carbons (Fsp3) is 0.538. The smallest absolute Gasteiger partial charge is 0.332 e. The molecule has 2 atom stereocenters. The first-order valence-corrected chi connectivity index (χ1v) is 12.9. The average Bonchev–Trinajstić information content (AvgIpc) is 3.31. The molecule has 0 aliphatic heterocycles. The molecule has 1 aromatic carbocycles. The molecule has 0 aliphatic carbocycles. The molecule has 2 aromatic heterocycles. The molecule has 10 nitrogen and oxygen atoms in total. The number of aryl methyl sites for hydroxylation is 1. The summed E-state index contributed by atoms with van der Waals surface area (Å²) in [6.45, 7) is 9.83. The van der Waals surface area contributed by atoms with Gasteiger partial charge in [-0.15, -0.1) is 0 Å². The van der Waals surface area contributed by atoms with Gasteiger partial charge in [0.1, 0.15) is 17.5 Å². The fourth-order valence-corrected chi connectivity index (χ4v) is 4.24. The predicted octanol–water partition coefficient (Wildman–Crippen LogP) is 2.32. The molecular weight excluding hydrogens is 458 g/mol. The van der Waals surface area contributed by atoms with E-state index >= 15 is 0 Å². The van der Waals surface area contributed by atoms with Gasteiger partial charge in [0, 0.05) is 31.2 Å². The van der Waals surface area contributed by atoms with Crippen LogP contribution in [-0.2, 0) is 24.3 Å². The molecule has 10 heteroatoms. The molecular formula is C26H39N7O3. The Bertz CT molecular complexity index is 1270. The summed E-state index contributed by atoms with van der Waals surface area (Å²) in [6, 6.07) is 7.57. The molecule has 0 radical (unpaired) electrons. The molecule has 36 heavy (non-hydrogen) atoms. The van der Waals surface area contributed by atoms with E-state index in [9.17, 15) is 14.4 Å². The van der Waals surface area contributed by atoms with Gasteiger partial charge in [-0.3, -0.25) is 18.7 Å². The highest BCUT2D eigenvalue weighted by Crippen LogP contribution is 2.21. The van der Waals surface area contributed by atoms with Crippen LogP contribution < -0.4 is 27.6 Å². The Kier molecular flexibility index (Phi) is 9.46. The lowest BCUT2D eigenvalue weighted by Crippen LogP contribution is -2.40. The number of carbonyl (C=O) groups is 1. The number of fused-ring (bicyclic) bond motifs is 1. The second-order valence-electron chi connectivity index (χ2n) is 9.31. The number of benzene rings is 1. The first-order chi connectivity index (χ1) is 17.3. The SMILES string of the molecule is CCCn1c(=O)c2nc(C(C)Cc3ccc(NC(C)C(=O)NCCCN)cc3)[nH]c2n(CCC)c1=O. The van der Waals surface area contributed by atoms with Crippen LogP contribution in [0, 0.1) is 0 Å². The molecule has 0 saturated heterocycles. The van der Waals surface area contributed by atoms with Crippen LogP contribution in [0.1, 0.15) is 64.3 Å². The van der Waals surface area contributed by atoms with Crippen molar-refractivity contribution in [1.82, 2.24) is 24.4 Å². The lowest BCUT2D eigenvalue weighted by molar-refractivity contribution is -0.121. The summed E-state index contributed by atoms with van der Waals surface area (Å²) in [5, 5.41) is 6.08. The molecule has 0 saturated carbocycles. The first kappa shape index (κ1) is 27.2. The zero-order chi connectivity index (χ0) is 26.2. The quantitative estimate of drug-likeness (QED) is 0.267. The van der Waals surface area contributed by atoms with Gasteiger partial charge in [0.2, 0.25) is 5.91 Å². The number of nitrogens with zero attached hydrogens (tertiary/aromatic N) is 3. The third kappa shape index (κ3) is 6.23. The van der Waals surface area contributed by atoms with Crippen LogP contribution in [0.2, 0.25) is 0 Å². The van der Waals surface area contributed by atoms with Crippen molar-refractivity contribution in [2.75, 3.05) is 18.4 Å². The molecule has 196 valence electrons. The van der Waals surface area contributed by atoms with Gasteiger partial charge in [-0.1, -0.05) is 32.9 Å². The van der Waals surface area contributed by atoms with Crippen LogP contribution in [0.3, 0.4) is 0 Å². The van der Waals surface area contributed by atoms with Gasteiger partial charge in [-0.05, 0) is 56.8 Å². The maximum atomic E-state index is 13.0. The van der Waals surface area contributed by atoms with E-state index in [1.807, 2.05) is 52.0 Å². The van der Waals surface area contributed by atoms with Crippen LogP contribution in [-0.4, -0.2) is 44.1 Å². The number of hydrogen-bond acceptors (Lipinski definition) is 6. The minimum Gasteiger partial charge on any atom is -0.374 e. The van der Waals surface area contributed by atoms with Crippen molar-refractivity contribution in [1.29, 1.82) is 0 Å². The van der Waals surface area contributed by atoms with Crippen molar-refractivity contribution >= 4 is 22.8 Å². The molecule has 3 aromatic rings. The van der Waals surface area contributed by atoms with Crippen LogP contribution in [0.25, 0.3) is 11.2 Å². The number of H-pyrrole nitrogens is 1. The highest BCUT2D eigenvalue weighted by Gasteiger charge is 2.19. The largest absolute Gasteiger partial charge is 0.374 e. The van der Waals surface area contributed by atoms with Gasteiger partial charge in [0.15, 0.2) is 5.52 Å². The number of rotatable bonds is 13. The lowest BCUT2D eigenvalue weighted by Gasteiger charge is -2.16. The Morgan fingerprint density at radius 2 is 1.75 bits per heavy atom. The summed E-state index contributed by atoms with van der Waals surface area (Å²) < 4.78 is 2.92. The maximum Gasteiger partial charge on any atom is 0.332 e.